The van der Waals surface area contributed by atoms with Gasteiger partial charge >= 0.3 is 5.97 Å². The van der Waals surface area contributed by atoms with Crippen LogP contribution in [0.3, 0.4) is 0 Å². The zero-order chi connectivity index (χ0) is 17.4. The first-order chi connectivity index (χ1) is 10.6. The van der Waals surface area contributed by atoms with Gasteiger partial charge in [0.05, 0.1) is 0 Å². The third-order valence-corrected chi connectivity index (χ3v) is 3.62. The topological polar surface area (TPSA) is 86.5 Å². The number of carbonyl (C=O) groups excluding carboxylic acids is 3. The molecule has 5 nitrogen and oxygen atoms in total. The maximum absolute atomic E-state index is 12.6. The maximum Gasteiger partial charge on any atom is 0.323 e. The molecule has 0 aromatic heterocycles. The molecule has 0 aliphatic heterocycles. The summed E-state index contributed by atoms with van der Waals surface area (Å²) in [6.07, 6.45) is -0.0142. The van der Waals surface area contributed by atoms with Crippen molar-refractivity contribution in [3.8, 4) is 0 Å². The van der Waals surface area contributed by atoms with Gasteiger partial charge in [0.15, 0.2) is 11.6 Å². The van der Waals surface area contributed by atoms with Crippen molar-refractivity contribution >= 4 is 17.5 Å². The molecule has 0 fully saturated rings. The molecule has 1 aromatic rings. The van der Waals surface area contributed by atoms with Crippen LogP contribution >= 0.6 is 0 Å². The molecule has 23 heavy (non-hydrogen) atoms. The molecule has 0 spiro atoms. The average molecular weight is 315 g/mol. The van der Waals surface area contributed by atoms with Gasteiger partial charge in [-0.3, -0.25) is 14.4 Å². The second kappa shape index (κ2) is 6.08. The van der Waals surface area contributed by atoms with E-state index in [1.54, 1.807) is 52.0 Å². The molecule has 0 radical (unpaired) electrons. The first-order valence-electron chi connectivity index (χ1n) is 7.48. The molecular weight excluding hydrogens is 294 g/mol. The Labute approximate surface area is 135 Å². The molecule has 5 heteroatoms. The van der Waals surface area contributed by atoms with E-state index in [4.69, 9.17) is 10.5 Å². The van der Waals surface area contributed by atoms with E-state index in [-0.39, 0.29) is 23.6 Å². The fourth-order valence-corrected chi connectivity index (χ4v) is 2.48. The Balaban J connectivity index is 2.26. The SMILES string of the molecule is CC1=C(CC(N)C(=O)OC(C)(C)C)C(=O)c2ccccc2C1=O. The number of allylic oxidation sites excluding steroid dienone is 1. The molecular formula is C18H21NO4. The minimum Gasteiger partial charge on any atom is -0.459 e. The lowest BCUT2D eigenvalue weighted by atomic mass is 9.82. The molecule has 0 saturated heterocycles. The molecule has 0 amide bonds. The molecule has 1 atom stereocenters. The van der Waals surface area contributed by atoms with Gasteiger partial charge in [-0.2, -0.15) is 0 Å². The van der Waals surface area contributed by atoms with Crippen molar-refractivity contribution in [1.29, 1.82) is 0 Å². The van der Waals surface area contributed by atoms with E-state index in [2.05, 4.69) is 0 Å². The van der Waals surface area contributed by atoms with Crippen LogP contribution < -0.4 is 5.73 Å². The van der Waals surface area contributed by atoms with Gasteiger partial charge in [0, 0.05) is 28.7 Å². The van der Waals surface area contributed by atoms with Crippen LogP contribution in [-0.2, 0) is 9.53 Å². The number of ether oxygens (including phenoxy) is 1. The zero-order valence-electron chi connectivity index (χ0n) is 13.8. The smallest absolute Gasteiger partial charge is 0.323 e. The van der Waals surface area contributed by atoms with E-state index in [1.165, 1.54) is 0 Å². The lowest BCUT2D eigenvalue weighted by molar-refractivity contribution is -0.156. The summed E-state index contributed by atoms with van der Waals surface area (Å²) >= 11 is 0. The quantitative estimate of drug-likeness (QED) is 0.866. The molecule has 0 heterocycles. The summed E-state index contributed by atoms with van der Waals surface area (Å²) in [5.74, 6) is -1.04. The van der Waals surface area contributed by atoms with E-state index in [0.29, 0.717) is 16.7 Å². The second-order valence-electron chi connectivity index (χ2n) is 6.65. The summed E-state index contributed by atoms with van der Waals surface area (Å²) in [5, 5.41) is 0. The van der Waals surface area contributed by atoms with E-state index >= 15 is 0 Å². The summed E-state index contributed by atoms with van der Waals surface area (Å²) < 4.78 is 5.23. The molecule has 2 rings (SSSR count). The van der Waals surface area contributed by atoms with Gasteiger partial charge in [0.25, 0.3) is 0 Å². The Hall–Kier alpha value is -2.27. The van der Waals surface area contributed by atoms with Gasteiger partial charge in [-0.25, -0.2) is 0 Å². The third kappa shape index (κ3) is 3.56. The van der Waals surface area contributed by atoms with Crippen LogP contribution in [0.4, 0.5) is 0 Å². The molecule has 1 aromatic carbocycles. The Morgan fingerprint density at radius 1 is 1.13 bits per heavy atom. The largest absolute Gasteiger partial charge is 0.459 e. The van der Waals surface area contributed by atoms with Crippen molar-refractivity contribution in [2.45, 2.75) is 45.8 Å². The van der Waals surface area contributed by atoms with Gasteiger partial charge in [-0.1, -0.05) is 24.3 Å². The summed E-state index contributed by atoms with van der Waals surface area (Å²) in [6, 6.07) is 5.68. The van der Waals surface area contributed by atoms with Gasteiger partial charge < -0.3 is 10.5 Å². The number of Topliss-reactive ketones (excluding diaryl/α,β-unsaturated/α-hetero) is 2. The van der Waals surface area contributed by atoms with Gasteiger partial charge in [0.1, 0.15) is 11.6 Å². The number of nitrogens with two attached hydrogens (primary N) is 1. The highest BCUT2D eigenvalue weighted by Crippen LogP contribution is 2.28. The molecule has 1 unspecified atom stereocenters. The third-order valence-electron chi connectivity index (χ3n) is 3.62. The Bertz CT molecular complexity index is 710. The normalized spacial score (nSPS) is 16.2. The fourth-order valence-electron chi connectivity index (χ4n) is 2.48. The van der Waals surface area contributed by atoms with Crippen LogP contribution in [0, 0.1) is 0 Å². The first-order valence-corrected chi connectivity index (χ1v) is 7.48. The van der Waals surface area contributed by atoms with Crippen LogP contribution in [0.2, 0.25) is 0 Å². The molecule has 1 aliphatic rings. The Kier molecular flexibility index (Phi) is 4.52. The minimum absolute atomic E-state index is 0.0142. The molecule has 122 valence electrons. The average Bonchev–Trinajstić information content (AvgIpc) is 2.47. The van der Waals surface area contributed by atoms with Crippen molar-refractivity contribution in [2.24, 2.45) is 5.73 Å². The molecule has 2 N–H and O–H groups in total. The van der Waals surface area contributed by atoms with E-state index in [9.17, 15) is 14.4 Å². The summed E-state index contributed by atoms with van der Waals surface area (Å²) in [4.78, 5) is 37.0. The first kappa shape index (κ1) is 17.1. The van der Waals surface area contributed by atoms with E-state index < -0.39 is 17.6 Å². The number of ketones is 2. The van der Waals surface area contributed by atoms with Crippen LogP contribution in [0.1, 0.15) is 54.8 Å². The van der Waals surface area contributed by atoms with E-state index in [1.807, 2.05) is 0 Å². The maximum atomic E-state index is 12.6. The van der Waals surface area contributed by atoms with Crippen LogP contribution in [0.25, 0.3) is 0 Å². The number of fused-ring (bicyclic) bond motifs is 1. The zero-order valence-corrected chi connectivity index (χ0v) is 13.8. The number of benzene rings is 1. The van der Waals surface area contributed by atoms with Crippen molar-refractivity contribution in [3.05, 3.63) is 46.5 Å². The molecule has 1 aliphatic carbocycles. The highest BCUT2D eigenvalue weighted by atomic mass is 16.6. The number of hydrogen-bond donors (Lipinski definition) is 1. The summed E-state index contributed by atoms with van der Waals surface area (Å²) in [7, 11) is 0. The predicted molar refractivity (Wildman–Crippen MR) is 86.2 cm³/mol. The van der Waals surface area contributed by atoms with Gasteiger partial charge in [0.2, 0.25) is 0 Å². The van der Waals surface area contributed by atoms with Crippen LogP contribution in [0.15, 0.2) is 35.4 Å². The molecule has 0 saturated carbocycles. The van der Waals surface area contributed by atoms with Crippen molar-refractivity contribution in [2.75, 3.05) is 0 Å². The Morgan fingerprint density at radius 2 is 1.65 bits per heavy atom. The number of carbonyl (C=O) groups is 3. The molecule has 0 bridgehead atoms. The number of esters is 1. The van der Waals surface area contributed by atoms with E-state index in [0.717, 1.165) is 0 Å². The monoisotopic (exact) mass is 315 g/mol. The van der Waals surface area contributed by atoms with Gasteiger partial charge in [-0.05, 0) is 27.7 Å². The highest BCUT2D eigenvalue weighted by molar-refractivity contribution is 6.26. The van der Waals surface area contributed by atoms with Gasteiger partial charge in [-0.15, -0.1) is 0 Å². The standard InChI is InChI=1S/C18H21NO4/c1-10-13(9-14(19)17(22)23-18(2,3)4)16(21)12-8-6-5-7-11(12)15(10)20/h5-8,14H,9,19H2,1-4H3. The number of hydrogen-bond acceptors (Lipinski definition) is 5. The van der Waals surface area contributed by atoms with Crippen molar-refractivity contribution < 1.29 is 19.1 Å². The second-order valence-corrected chi connectivity index (χ2v) is 6.65. The Morgan fingerprint density at radius 3 is 2.17 bits per heavy atom. The fraction of sp³-hybridized carbons (Fsp3) is 0.389. The lowest BCUT2D eigenvalue weighted by Gasteiger charge is -2.24. The lowest BCUT2D eigenvalue weighted by Crippen LogP contribution is -2.39. The van der Waals surface area contributed by atoms with Crippen molar-refractivity contribution in [3.63, 3.8) is 0 Å². The summed E-state index contributed by atoms with van der Waals surface area (Å²) in [5.41, 5.74) is 6.59. The summed E-state index contributed by atoms with van der Waals surface area (Å²) in [6.45, 7) is 6.82. The number of rotatable bonds is 3. The van der Waals surface area contributed by atoms with Crippen molar-refractivity contribution in [1.82, 2.24) is 0 Å². The predicted octanol–water partition coefficient (Wildman–Crippen LogP) is 2.44. The highest BCUT2D eigenvalue weighted by Gasteiger charge is 2.32. The minimum atomic E-state index is -0.985. The van der Waals surface area contributed by atoms with Crippen LogP contribution in [0.5, 0.6) is 0 Å². The van der Waals surface area contributed by atoms with Crippen LogP contribution in [-0.4, -0.2) is 29.2 Å².